The van der Waals surface area contributed by atoms with Gasteiger partial charge in [0.2, 0.25) is 5.78 Å². The molecule has 0 radical (unpaired) electrons. The van der Waals surface area contributed by atoms with E-state index in [2.05, 4.69) is 13.8 Å². The van der Waals surface area contributed by atoms with Crippen molar-refractivity contribution < 1.29 is 23.9 Å². The predicted octanol–water partition coefficient (Wildman–Crippen LogP) is 4.90. The first-order valence-electron chi connectivity index (χ1n) is 11.1. The minimum absolute atomic E-state index is 0.0400. The van der Waals surface area contributed by atoms with Crippen LogP contribution in [0.1, 0.15) is 98.8 Å². The molecule has 0 saturated carbocycles. The molecule has 0 amide bonds. The van der Waals surface area contributed by atoms with E-state index in [1.54, 1.807) is 20.8 Å². The molecule has 1 fully saturated rings. The van der Waals surface area contributed by atoms with Gasteiger partial charge in [0.1, 0.15) is 11.6 Å². The van der Waals surface area contributed by atoms with E-state index >= 15 is 0 Å². The first-order chi connectivity index (χ1) is 13.6. The topological polar surface area (TPSA) is 77.5 Å². The molecule has 2 aliphatic rings. The quantitative estimate of drug-likeness (QED) is 0.341. The van der Waals surface area contributed by atoms with Gasteiger partial charge in [0, 0.05) is 31.6 Å². The minimum atomic E-state index is -1.31. The highest BCUT2D eigenvalue weighted by Crippen LogP contribution is 2.58. The van der Waals surface area contributed by atoms with Gasteiger partial charge < -0.3 is 4.74 Å². The molecule has 1 heterocycles. The van der Waals surface area contributed by atoms with E-state index in [1.165, 1.54) is 0 Å². The molecule has 5 nitrogen and oxygen atoms in total. The van der Waals surface area contributed by atoms with Gasteiger partial charge in [-0.15, -0.1) is 0 Å². The van der Waals surface area contributed by atoms with Gasteiger partial charge in [0.05, 0.1) is 5.41 Å². The zero-order chi connectivity index (χ0) is 21.8. The van der Waals surface area contributed by atoms with Crippen LogP contribution in [0.4, 0.5) is 0 Å². The average Bonchev–Trinajstić information content (AvgIpc) is 2.84. The first kappa shape index (κ1) is 23.5. The van der Waals surface area contributed by atoms with E-state index in [9.17, 15) is 19.2 Å². The van der Waals surface area contributed by atoms with Crippen LogP contribution in [0.5, 0.6) is 0 Å². The number of unbranched alkanes of at least 4 members (excludes halogenated alkanes) is 4. The lowest BCUT2D eigenvalue weighted by Crippen LogP contribution is -2.50. The molecule has 0 unspecified atom stereocenters. The summed E-state index contributed by atoms with van der Waals surface area (Å²) in [5.74, 6) is -1.19. The second-order valence-electron chi connectivity index (χ2n) is 9.06. The van der Waals surface area contributed by atoms with Gasteiger partial charge in [-0.3, -0.25) is 19.2 Å². The van der Waals surface area contributed by atoms with Crippen LogP contribution in [0.3, 0.4) is 0 Å². The Morgan fingerprint density at radius 1 is 0.931 bits per heavy atom. The van der Waals surface area contributed by atoms with Gasteiger partial charge >= 0.3 is 5.97 Å². The highest BCUT2D eigenvalue weighted by molar-refractivity contribution is 6.10. The summed E-state index contributed by atoms with van der Waals surface area (Å²) in [6, 6.07) is 0. The van der Waals surface area contributed by atoms with Gasteiger partial charge in [0.15, 0.2) is 5.60 Å². The lowest BCUT2D eigenvalue weighted by atomic mass is 9.58. The van der Waals surface area contributed by atoms with Gasteiger partial charge in [-0.2, -0.15) is 0 Å². The Balaban J connectivity index is 2.30. The number of ketones is 3. The zero-order valence-corrected chi connectivity index (χ0v) is 18.7. The lowest BCUT2D eigenvalue weighted by molar-refractivity contribution is -0.156. The number of Topliss-reactive ketones (excluding diaryl/α,β-unsaturated/α-hetero) is 3. The third-order valence-corrected chi connectivity index (χ3v) is 6.89. The Bertz CT molecular complexity index is 719. The van der Waals surface area contributed by atoms with E-state index in [1.807, 2.05) is 0 Å². The van der Waals surface area contributed by atoms with E-state index in [0.29, 0.717) is 24.0 Å². The Kier molecular flexibility index (Phi) is 7.58. The van der Waals surface area contributed by atoms with Crippen LogP contribution >= 0.6 is 0 Å². The Labute approximate surface area is 174 Å². The molecule has 0 spiro atoms. The average molecular weight is 405 g/mol. The molecule has 2 bridgehead atoms. The standard InChI is InChI=1S/C24H36O5/c1-6-8-10-12-17(25)14-19-16(3)21(27)24(5)20(23(19,4)22(28)29-24)15-18(26)13-11-9-7-2/h20H,6-15H2,1-5H3/t20-,23+,24+/m1/s1. The van der Waals surface area contributed by atoms with Crippen LogP contribution in [0, 0.1) is 11.3 Å². The number of fused-ring (bicyclic) bond motifs is 2. The smallest absolute Gasteiger partial charge is 0.317 e. The van der Waals surface area contributed by atoms with Gasteiger partial charge in [-0.25, -0.2) is 0 Å². The zero-order valence-electron chi connectivity index (χ0n) is 18.7. The fourth-order valence-electron chi connectivity index (χ4n) is 4.97. The highest BCUT2D eigenvalue weighted by atomic mass is 16.6. The van der Waals surface area contributed by atoms with Crippen LogP contribution in [0.2, 0.25) is 0 Å². The second-order valence-corrected chi connectivity index (χ2v) is 9.06. The molecular weight excluding hydrogens is 368 g/mol. The van der Waals surface area contributed by atoms with Crippen molar-refractivity contribution in [2.24, 2.45) is 11.3 Å². The normalized spacial score (nSPS) is 28.7. The fourth-order valence-corrected chi connectivity index (χ4v) is 4.97. The van der Waals surface area contributed by atoms with Crippen LogP contribution in [-0.2, 0) is 23.9 Å². The molecule has 1 aliphatic heterocycles. The third-order valence-electron chi connectivity index (χ3n) is 6.89. The van der Waals surface area contributed by atoms with E-state index < -0.39 is 22.9 Å². The van der Waals surface area contributed by atoms with Crippen molar-refractivity contribution in [3.63, 3.8) is 0 Å². The predicted molar refractivity (Wildman–Crippen MR) is 111 cm³/mol. The third kappa shape index (κ3) is 4.39. The summed E-state index contributed by atoms with van der Waals surface area (Å²) in [5.41, 5.74) is -1.38. The molecule has 1 saturated heterocycles. The SMILES string of the molecule is CCCCCC(=O)CC1=C(C)C(=O)[C@@]2(C)OC(=O)[C@]1(C)[C@H]2CC(=O)CCCCC. The molecule has 29 heavy (non-hydrogen) atoms. The van der Waals surface area contributed by atoms with Crippen molar-refractivity contribution in [2.75, 3.05) is 0 Å². The van der Waals surface area contributed by atoms with Crippen LogP contribution in [0.25, 0.3) is 0 Å². The van der Waals surface area contributed by atoms with Crippen molar-refractivity contribution in [2.45, 2.75) is 104 Å². The number of ether oxygens (including phenoxy) is 1. The van der Waals surface area contributed by atoms with E-state index in [4.69, 9.17) is 4.74 Å². The first-order valence-corrected chi connectivity index (χ1v) is 11.1. The number of carbonyl (C=O) groups excluding carboxylic acids is 4. The molecule has 2 rings (SSSR count). The number of carbonyl (C=O) groups is 4. The molecule has 0 N–H and O–H groups in total. The summed E-state index contributed by atoms with van der Waals surface area (Å²) >= 11 is 0. The molecule has 162 valence electrons. The Morgan fingerprint density at radius 2 is 1.48 bits per heavy atom. The maximum Gasteiger partial charge on any atom is 0.317 e. The molecule has 0 aromatic carbocycles. The number of hydrogen-bond acceptors (Lipinski definition) is 5. The number of hydrogen-bond donors (Lipinski definition) is 0. The summed E-state index contributed by atoms with van der Waals surface area (Å²) in [6.45, 7) is 9.24. The van der Waals surface area contributed by atoms with Gasteiger partial charge in [0.25, 0.3) is 0 Å². The second kappa shape index (κ2) is 9.36. The fraction of sp³-hybridized carbons (Fsp3) is 0.750. The van der Waals surface area contributed by atoms with E-state index in [0.717, 1.165) is 38.5 Å². The Morgan fingerprint density at radius 3 is 2.03 bits per heavy atom. The van der Waals surface area contributed by atoms with Crippen molar-refractivity contribution in [3.05, 3.63) is 11.1 Å². The summed E-state index contributed by atoms with van der Waals surface area (Å²) in [7, 11) is 0. The van der Waals surface area contributed by atoms with Gasteiger partial charge in [-0.1, -0.05) is 39.5 Å². The largest absolute Gasteiger partial charge is 0.450 e. The van der Waals surface area contributed by atoms with Crippen LogP contribution < -0.4 is 0 Å². The van der Waals surface area contributed by atoms with E-state index in [-0.39, 0.29) is 30.2 Å². The molecule has 5 heteroatoms. The van der Waals surface area contributed by atoms with Crippen molar-refractivity contribution in [3.8, 4) is 0 Å². The van der Waals surface area contributed by atoms with Gasteiger partial charge in [-0.05, 0) is 44.8 Å². The maximum atomic E-state index is 13.1. The molecule has 3 atom stereocenters. The van der Waals surface area contributed by atoms with Crippen molar-refractivity contribution >= 4 is 23.3 Å². The lowest BCUT2D eigenvalue weighted by Gasteiger charge is -2.40. The maximum absolute atomic E-state index is 13.1. The summed E-state index contributed by atoms with van der Waals surface area (Å²) < 4.78 is 5.61. The summed E-state index contributed by atoms with van der Waals surface area (Å²) in [5, 5.41) is 0. The molecule has 0 aromatic rings. The van der Waals surface area contributed by atoms with Crippen LogP contribution in [0.15, 0.2) is 11.1 Å². The number of esters is 1. The minimum Gasteiger partial charge on any atom is -0.450 e. The highest BCUT2D eigenvalue weighted by Gasteiger charge is 2.68. The monoisotopic (exact) mass is 404 g/mol. The van der Waals surface area contributed by atoms with Crippen molar-refractivity contribution in [1.29, 1.82) is 0 Å². The summed E-state index contributed by atoms with van der Waals surface area (Å²) in [4.78, 5) is 51.3. The molecular formula is C24H36O5. The van der Waals surface area contributed by atoms with Crippen molar-refractivity contribution in [1.82, 2.24) is 0 Å². The summed E-state index contributed by atoms with van der Waals surface area (Å²) in [6.07, 6.45) is 6.76. The molecule has 1 aliphatic carbocycles. The number of rotatable bonds is 12. The molecule has 0 aromatic heterocycles. The Hall–Kier alpha value is -1.78. The van der Waals surface area contributed by atoms with Crippen LogP contribution in [-0.4, -0.2) is 28.9 Å².